The maximum atomic E-state index is 4.51. The van der Waals surface area contributed by atoms with Gasteiger partial charge in [-0.05, 0) is 78.0 Å². The molecule has 2 nitrogen and oxygen atoms in total. The number of aromatic nitrogens is 2. The van der Waals surface area contributed by atoms with Crippen molar-refractivity contribution in [3.05, 3.63) is 63.1 Å². The van der Waals surface area contributed by atoms with E-state index in [0.717, 1.165) is 27.0 Å². The summed E-state index contributed by atoms with van der Waals surface area (Å²) in [7, 11) is 0. The largest absolute Gasteiger partial charge is 0.276 e. The Hall–Kier alpha value is -1.87. The maximum Gasteiger partial charge on any atom is 0.107 e. The molecule has 0 bridgehead atoms. The molecule has 0 unspecified atom stereocenters. The molecule has 1 aromatic heterocycles. The van der Waals surface area contributed by atoms with Gasteiger partial charge in [-0.25, -0.2) is 0 Å². The summed E-state index contributed by atoms with van der Waals surface area (Å²) in [6, 6.07) is 12.9. The van der Waals surface area contributed by atoms with Crippen LogP contribution in [0.1, 0.15) is 22.3 Å². The Balaban J connectivity index is 2.08. The zero-order chi connectivity index (χ0) is 15.9. The van der Waals surface area contributed by atoms with Gasteiger partial charge < -0.3 is 0 Å². The van der Waals surface area contributed by atoms with Gasteiger partial charge in [-0.2, -0.15) is 5.10 Å². The lowest BCUT2D eigenvalue weighted by Gasteiger charge is -2.05. The van der Waals surface area contributed by atoms with Gasteiger partial charge in [-0.1, -0.05) is 24.3 Å². The molecule has 112 valence electrons. The topological polar surface area (TPSA) is 28.7 Å². The van der Waals surface area contributed by atoms with E-state index in [1.807, 2.05) is 0 Å². The van der Waals surface area contributed by atoms with Crippen molar-refractivity contribution in [1.82, 2.24) is 10.2 Å². The fraction of sp³-hybridized carbons (Fsp3) is 0.211. The van der Waals surface area contributed by atoms with Crippen molar-refractivity contribution in [2.24, 2.45) is 0 Å². The molecule has 0 atom stereocenters. The van der Waals surface area contributed by atoms with E-state index >= 15 is 0 Å². The first-order chi connectivity index (χ1) is 10.5. The van der Waals surface area contributed by atoms with E-state index in [1.54, 1.807) is 0 Å². The van der Waals surface area contributed by atoms with Gasteiger partial charge in [0.25, 0.3) is 0 Å². The highest BCUT2D eigenvalue weighted by Gasteiger charge is 2.14. The van der Waals surface area contributed by atoms with Crippen LogP contribution in [0.25, 0.3) is 22.5 Å². The number of hydrogen-bond donors (Lipinski definition) is 1. The summed E-state index contributed by atoms with van der Waals surface area (Å²) in [6.07, 6.45) is 0. The third-order valence-corrected chi connectivity index (χ3v) is 5.05. The summed E-state index contributed by atoms with van der Waals surface area (Å²) in [5, 5.41) is 7.69. The second kappa shape index (κ2) is 5.73. The van der Waals surface area contributed by atoms with E-state index in [-0.39, 0.29) is 0 Å². The van der Waals surface area contributed by atoms with Gasteiger partial charge >= 0.3 is 0 Å². The van der Waals surface area contributed by atoms with Gasteiger partial charge in [0, 0.05) is 11.1 Å². The van der Waals surface area contributed by atoms with Crippen LogP contribution in [0, 0.1) is 27.7 Å². The first-order valence-electron chi connectivity index (χ1n) is 7.36. The van der Waals surface area contributed by atoms with Gasteiger partial charge in [0.2, 0.25) is 0 Å². The molecule has 0 fully saturated rings. The van der Waals surface area contributed by atoms with Crippen LogP contribution in [0.5, 0.6) is 0 Å². The molecule has 0 aliphatic heterocycles. The molecule has 0 radical (unpaired) electrons. The average Bonchev–Trinajstić information content (AvgIpc) is 2.87. The van der Waals surface area contributed by atoms with Gasteiger partial charge in [0.05, 0.1) is 10.2 Å². The van der Waals surface area contributed by atoms with Crippen LogP contribution in [0.2, 0.25) is 0 Å². The number of hydrogen-bond acceptors (Lipinski definition) is 1. The van der Waals surface area contributed by atoms with E-state index in [0.29, 0.717) is 0 Å². The number of benzene rings is 2. The minimum absolute atomic E-state index is 0.955. The molecule has 1 N–H and O–H groups in total. The fourth-order valence-corrected chi connectivity index (χ4v) is 3.13. The van der Waals surface area contributed by atoms with Crippen molar-refractivity contribution in [2.75, 3.05) is 0 Å². The molecule has 0 aliphatic rings. The molecular weight excluding hydrogens is 336 g/mol. The first kappa shape index (κ1) is 15.0. The molecule has 22 heavy (non-hydrogen) atoms. The Bertz CT molecular complexity index is 778. The second-order valence-corrected chi connectivity index (χ2v) is 6.65. The molecule has 1 heterocycles. The Labute approximate surface area is 139 Å². The Morgan fingerprint density at radius 2 is 1.32 bits per heavy atom. The number of nitrogens with zero attached hydrogens (tertiary/aromatic N) is 1. The Morgan fingerprint density at radius 3 is 1.91 bits per heavy atom. The number of H-pyrrole nitrogens is 1. The smallest absolute Gasteiger partial charge is 0.107 e. The predicted octanol–water partition coefficient (Wildman–Crippen LogP) is 5.74. The minimum Gasteiger partial charge on any atom is -0.276 e. The van der Waals surface area contributed by atoms with Gasteiger partial charge in [-0.3, -0.25) is 5.10 Å². The zero-order valence-corrected chi connectivity index (χ0v) is 14.9. The molecule has 2 aromatic carbocycles. The zero-order valence-electron chi connectivity index (χ0n) is 13.3. The average molecular weight is 355 g/mol. The van der Waals surface area contributed by atoms with Gasteiger partial charge in [0.1, 0.15) is 5.69 Å². The SMILES string of the molecule is Cc1ccc(-c2n[nH]c(-c3ccc(C)c(C)c3)c2Br)cc1C. The molecule has 0 amide bonds. The molecule has 3 aromatic rings. The lowest BCUT2D eigenvalue weighted by atomic mass is 10.0. The molecular formula is C19H19BrN2. The van der Waals surface area contributed by atoms with Crippen molar-refractivity contribution in [1.29, 1.82) is 0 Å². The van der Waals surface area contributed by atoms with Crippen LogP contribution in [-0.4, -0.2) is 10.2 Å². The summed E-state index contributed by atoms with van der Waals surface area (Å²) < 4.78 is 1.01. The number of nitrogens with one attached hydrogen (secondary N) is 1. The molecule has 0 saturated heterocycles. The van der Waals surface area contributed by atoms with E-state index in [9.17, 15) is 0 Å². The van der Waals surface area contributed by atoms with Crippen molar-refractivity contribution in [3.8, 4) is 22.5 Å². The summed E-state index contributed by atoms with van der Waals surface area (Å²) in [5.41, 5.74) is 9.41. The lowest BCUT2D eigenvalue weighted by Crippen LogP contribution is -1.85. The normalized spacial score (nSPS) is 11.0. The van der Waals surface area contributed by atoms with Gasteiger partial charge in [0.15, 0.2) is 0 Å². The van der Waals surface area contributed by atoms with Gasteiger partial charge in [-0.15, -0.1) is 0 Å². The fourth-order valence-electron chi connectivity index (χ4n) is 2.50. The van der Waals surface area contributed by atoms with Crippen LogP contribution in [-0.2, 0) is 0 Å². The van der Waals surface area contributed by atoms with Crippen molar-refractivity contribution in [3.63, 3.8) is 0 Å². The number of rotatable bonds is 2. The molecule has 0 aliphatic carbocycles. The van der Waals surface area contributed by atoms with E-state index in [2.05, 4.69) is 90.2 Å². The highest BCUT2D eigenvalue weighted by molar-refractivity contribution is 9.10. The van der Waals surface area contributed by atoms with Crippen LogP contribution in [0.4, 0.5) is 0 Å². The highest BCUT2D eigenvalue weighted by Crippen LogP contribution is 2.35. The van der Waals surface area contributed by atoms with E-state index < -0.39 is 0 Å². The second-order valence-electron chi connectivity index (χ2n) is 5.86. The third-order valence-electron chi connectivity index (χ3n) is 4.28. The lowest BCUT2D eigenvalue weighted by molar-refractivity contribution is 1.10. The van der Waals surface area contributed by atoms with Crippen LogP contribution in [0.3, 0.4) is 0 Å². The molecule has 3 rings (SSSR count). The third kappa shape index (κ3) is 2.61. The summed E-state index contributed by atoms with van der Waals surface area (Å²) in [6.45, 7) is 8.51. The summed E-state index contributed by atoms with van der Waals surface area (Å²) >= 11 is 3.72. The standard InChI is InChI=1S/C19H19BrN2/c1-11-5-7-15(9-13(11)3)18-17(20)19(22-21-18)16-8-6-12(2)14(4)10-16/h5-10H,1-4H3,(H,21,22). The Morgan fingerprint density at radius 1 is 0.773 bits per heavy atom. The van der Waals surface area contributed by atoms with Crippen LogP contribution >= 0.6 is 15.9 Å². The quantitative estimate of drug-likeness (QED) is 0.624. The van der Waals surface area contributed by atoms with E-state index in [4.69, 9.17) is 0 Å². The Kier molecular flexibility index (Phi) is 3.92. The first-order valence-corrected chi connectivity index (χ1v) is 8.16. The van der Waals surface area contributed by atoms with Crippen molar-refractivity contribution >= 4 is 15.9 Å². The number of halogens is 1. The van der Waals surface area contributed by atoms with Crippen molar-refractivity contribution in [2.45, 2.75) is 27.7 Å². The minimum atomic E-state index is 0.955. The van der Waals surface area contributed by atoms with Crippen molar-refractivity contribution < 1.29 is 0 Å². The molecule has 0 saturated carbocycles. The monoisotopic (exact) mass is 354 g/mol. The number of aryl methyl sites for hydroxylation is 4. The van der Waals surface area contributed by atoms with E-state index in [1.165, 1.54) is 22.3 Å². The maximum absolute atomic E-state index is 4.51. The highest BCUT2D eigenvalue weighted by atomic mass is 79.9. The molecule has 3 heteroatoms. The summed E-state index contributed by atoms with van der Waals surface area (Å²) in [4.78, 5) is 0. The molecule has 0 spiro atoms. The van der Waals surface area contributed by atoms with Crippen LogP contribution < -0.4 is 0 Å². The summed E-state index contributed by atoms with van der Waals surface area (Å²) in [5.74, 6) is 0. The van der Waals surface area contributed by atoms with Crippen LogP contribution in [0.15, 0.2) is 40.9 Å². The predicted molar refractivity (Wildman–Crippen MR) is 96.1 cm³/mol. The number of aromatic amines is 1.